The lowest BCUT2D eigenvalue weighted by molar-refractivity contribution is -0.118. The zero-order valence-electron chi connectivity index (χ0n) is 7.19. The van der Waals surface area contributed by atoms with Crippen molar-refractivity contribution in [1.82, 2.24) is 10.2 Å². The van der Waals surface area contributed by atoms with Crippen LogP contribution in [0, 0.1) is 0 Å². The lowest BCUT2D eigenvalue weighted by Crippen LogP contribution is -2.31. The van der Waals surface area contributed by atoms with E-state index in [1.54, 1.807) is 11.3 Å². The molecule has 0 spiro atoms. The van der Waals surface area contributed by atoms with Gasteiger partial charge in [-0.05, 0) is 11.4 Å². The van der Waals surface area contributed by atoms with Crippen LogP contribution in [0.5, 0.6) is 0 Å². The molecule has 2 aliphatic rings. The third-order valence-electron chi connectivity index (χ3n) is 2.18. The lowest BCUT2D eigenvalue weighted by atomic mass is 10.3. The Morgan fingerprint density at radius 3 is 3.21 bits per heavy atom. The van der Waals surface area contributed by atoms with Gasteiger partial charge in [-0.1, -0.05) is 0 Å². The van der Waals surface area contributed by atoms with Crippen molar-refractivity contribution in [3.8, 4) is 0 Å². The fraction of sp³-hybridized carbons (Fsp3) is 0.250. The van der Waals surface area contributed by atoms with Gasteiger partial charge in [0.1, 0.15) is 11.5 Å². The number of hydrogen-bond donors (Lipinski definition) is 1. The highest BCUT2D eigenvalue weighted by atomic mass is 35.5. The predicted octanol–water partition coefficient (Wildman–Crippen LogP) is 1.10. The van der Waals surface area contributed by atoms with Crippen LogP contribution in [0.1, 0.15) is 5.56 Å². The van der Waals surface area contributed by atoms with Crippen LogP contribution in [-0.4, -0.2) is 23.3 Å². The number of aliphatic imine (C=N–C) groups is 1. The van der Waals surface area contributed by atoms with E-state index in [4.69, 9.17) is 0 Å². The Labute approximate surface area is 91.0 Å². The minimum Gasteiger partial charge on any atom is -0.329 e. The molecular formula is C8H8ClN3OS. The number of fused-ring (bicyclic) bond motifs is 2. The number of rotatable bonds is 0. The summed E-state index contributed by atoms with van der Waals surface area (Å²) >= 11 is 1.61. The number of carbonyl (C=O) groups is 1. The number of nitrogens with one attached hydrogen (secondary N) is 1. The SMILES string of the molecule is Cl.O=C1CN2Cc3ccsc3N=C2N1. The maximum atomic E-state index is 11.1. The molecule has 1 amide bonds. The molecule has 0 radical (unpaired) electrons. The maximum absolute atomic E-state index is 11.1. The summed E-state index contributed by atoms with van der Waals surface area (Å²) in [6, 6.07) is 2.06. The van der Waals surface area contributed by atoms with E-state index in [-0.39, 0.29) is 18.3 Å². The average Bonchev–Trinajstić information content (AvgIpc) is 2.63. The van der Waals surface area contributed by atoms with Gasteiger partial charge in [0, 0.05) is 12.1 Å². The predicted molar refractivity (Wildman–Crippen MR) is 57.2 cm³/mol. The van der Waals surface area contributed by atoms with Crippen LogP contribution in [0.15, 0.2) is 16.4 Å². The van der Waals surface area contributed by atoms with Crippen molar-refractivity contribution in [2.75, 3.05) is 6.54 Å². The van der Waals surface area contributed by atoms with Crippen molar-refractivity contribution in [2.24, 2.45) is 4.99 Å². The molecule has 0 atom stereocenters. The number of guanidine groups is 1. The molecule has 0 aromatic carbocycles. The van der Waals surface area contributed by atoms with Gasteiger partial charge in [-0.2, -0.15) is 0 Å². The van der Waals surface area contributed by atoms with E-state index in [2.05, 4.69) is 16.4 Å². The summed E-state index contributed by atoms with van der Waals surface area (Å²) < 4.78 is 0. The van der Waals surface area contributed by atoms with Crippen LogP contribution >= 0.6 is 23.7 Å². The monoisotopic (exact) mass is 229 g/mol. The zero-order chi connectivity index (χ0) is 8.84. The van der Waals surface area contributed by atoms with E-state index in [1.165, 1.54) is 5.56 Å². The Morgan fingerprint density at radius 2 is 2.36 bits per heavy atom. The zero-order valence-corrected chi connectivity index (χ0v) is 8.82. The molecule has 0 bridgehead atoms. The third-order valence-corrected chi connectivity index (χ3v) is 3.03. The molecule has 1 saturated heterocycles. The first-order chi connectivity index (χ1) is 6.33. The molecular weight excluding hydrogens is 222 g/mol. The summed E-state index contributed by atoms with van der Waals surface area (Å²) in [6.07, 6.45) is 0. The summed E-state index contributed by atoms with van der Waals surface area (Å²) in [6.45, 7) is 1.24. The van der Waals surface area contributed by atoms with E-state index in [0.717, 1.165) is 11.5 Å². The quantitative estimate of drug-likeness (QED) is 0.724. The molecule has 3 rings (SSSR count). The summed E-state index contributed by atoms with van der Waals surface area (Å²) in [5.74, 6) is 0.744. The van der Waals surface area contributed by atoms with Gasteiger partial charge in [0.25, 0.3) is 0 Å². The van der Waals surface area contributed by atoms with Crippen LogP contribution < -0.4 is 5.32 Å². The first kappa shape index (κ1) is 9.48. The molecule has 3 heterocycles. The Kier molecular flexibility index (Phi) is 2.20. The highest BCUT2D eigenvalue weighted by molar-refractivity contribution is 7.14. The van der Waals surface area contributed by atoms with Crippen LogP contribution in [-0.2, 0) is 11.3 Å². The lowest BCUT2D eigenvalue weighted by Gasteiger charge is -2.19. The maximum Gasteiger partial charge on any atom is 0.246 e. The Balaban J connectivity index is 0.000000750. The minimum atomic E-state index is 0. The topological polar surface area (TPSA) is 44.7 Å². The minimum absolute atomic E-state index is 0. The Morgan fingerprint density at radius 1 is 1.50 bits per heavy atom. The average molecular weight is 230 g/mol. The first-order valence-electron chi connectivity index (χ1n) is 4.03. The highest BCUT2D eigenvalue weighted by Crippen LogP contribution is 2.31. The van der Waals surface area contributed by atoms with Crippen molar-refractivity contribution in [3.05, 3.63) is 17.0 Å². The summed E-state index contributed by atoms with van der Waals surface area (Å²) in [5.41, 5.74) is 1.21. The van der Waals surface area contributed by atoms with Gasteiger partial charge in [0.05, 0.1) is 0 Å². The summed E-state index contributed by atoms with van der Waals surface area (Å²) in [5, 5.41) is 5.78. The molecule has 2 aliphatic heterocycles. The molecule has 1 fully saturated rings. The first-order valence-corrected chi connectivity index (χ1v) is 4.91. The molecule has 1 aromatic rings. The molecule has 74 valence electrons. The Bertz CT molecular complexity index is 414. The van der Waals surface area contributed by atoms with Gasteiger partial charge < -0.3 is 4.90 Å². The highest BCUT2D eigenvalue weighted by Gasteiger charge is 2.29. The number of halogens is 1. The van der Waals surface area contributed by atoms with Gasteiger partial charge in [-0.15, -0.1) is 23.7 Å². The van der Waals surface area contributed by atoms with E-state index in [1.807, 2.05) is 10.3 Å². The molecule has 6 heteroatoms. The Hall–Kier alpha value is -1.07. The molecule has 0 unspecified atom stereocenters. The van der Waals surface area contributed by atoms with Gasteiger partial charge >= 0.3 is 0 Å². The second-order valence-corrected chi connectivity index (χ2v) is 3.99. The molecule has 1 N–H and O–H groups in total. The van der Waals surface area contributed by atoms with Crippen molar-refractivity contribution in [2.45, 2.75) is 6.54 Å². The normalized spacial score (nSPS) is 17.9. The number of thiophene rings is 1. The van der Waals surface area contributed by atoms with E-state index >= 15 is 0 Å². The standard InChI is InChI=1S/C8H7N3OS.ClH/c12-6-4-11-3-5-1-2-13-7(5)10-8(11)9-6;/h1-2H,3-4H2,(H,9,10,12);1H. The second kappa shape index (κ2) is 3.25. The van der Waals surface area contributed by atoms with Crippen LogP contribution in [0.25, 0.3) is 0 Å². The van der Waals surface area contributed by atoms with E-state index < -0.39 is 0 Å². The second-order valence-electron chi connectivity index (χ2n) is 3.09. The van der Waals surface area contributed by atoms with E-state index in [0.29, 0.717) is 12.5 Å². The van der Waals surface area contributed by atoms with Gasteiger partial charge in [0.15, 0.2) is 0 Å². The van der Waals surface area contributed by atoms with Crippen LogP contribution in [0.3, 0.4) is 0 Å². The number of nitrogens with zero attached hydrogens (tertiary/aromatic N) is 2. The van der Waals surface area contributed by atoms with Crippen molar-refractivity contribution in [1.29, 1.82) is 0 Å². The molecule has 1 aromatic heterocycles. The molecule has 14 heavy (non-hydrogen) atoms. The van der Waals surface area contributed by atoms with E-state index in [9.17, 15) is 4.79 Å². The largest absolute Gasteiger partial charge is 0.329 e. The third kappa shape index (κ3) is 1.29. The summed E-state index contributed by atoms with van der Waals surface area (Å²) in [7, 11) is 0. The van der Waals surface area contributed by atoms with Crippen molar-refractivity contribution < 1.29 is 4.79 Å². The van der Waals surface area contributed by atoms with Gasteiger partial charge in [0.2, 0.25) is 11.9 Å². The van der Waals surface area contributed by atoms with Crippen molar-refractivity contribution in [3.63, 3.8) is 0 Å². The van der Waals surface area contributed by atoms with Crippen LogP contribution in [0.4, 0.5) is 5.00 Å². The molecule has 0 aliphatic carbocycles. The smallest absolute Gasteiger partial charge is 0.246 e. The van der Waals surface area contributed by atoms with Gasteiger partial charge in [-0.3, -0.25) is 10.1 Å². The van der Waals surface area contributed by atoms with Crippen LogP contribution in [0.2, 0.25) is 0 Å². The van der Waals surface area contributed by atoms with Crippen molar-refractivity contribution >= 4 is 40.6 Å². The number of amides is 1. The number of carbonyl (C=O) groups excluding carboxylic acids is 1. The molecule has 4 nitrogen and oxygen atoms in total. The fourth-order valence-corrected chi connectivity index (χ4v) is 2.35. The fourth-order valence-electron chi connectivity index (χ4n) is 1.57. The number of hydrogen-bond acceptors (Lipinski definition) is 4. The summed E-state index contributed by atoms with van der Waals surface area (Å²) in [4.78, 5) is 17.4. The van der Waals surface area contributed by atoms with Gasteiger partial charge in [-0.25, -0.2) is 4.99 Å². The molecule has 0 saturated carbocycles.